The maximum atomic E-state index is 12.1. The molecule has 0 N–H and O–H groups in total. The second kappa shape index (κ2) is 3.75. The lowest BCUT2D eigenvalue weighted by Gasteiger charge is -2.26. The van der Waals surface area contributed by atoms with Gasteiger partial charge in [-0.25, -0.2) is 9.37 Å². The summed E-state index contributed by atoms with van der Waals surface area (Å²) in [6.45, 7) is 2.81. The molecule has 0 bridgehead atoms. The second-order valence-electron chi connectivity index (χ2n) is 3.11. The first kappa shape index (κ1) is 9.15. The van der Waals surface area contributed by atoms with Crippen molar-refractivity contribution in [1.29, 1.82) is 0 Å². The van der Waals surface area contributed by atoms with Gasteiger partial charge in [0.15, 0.2) is 0 Å². The number of nitrogens with zero attached hydrogens (tertiary/aromatic N) is 3. The van der Waals surface area contributed by atoms with Crippen molar-refractivity contribution in [2.24, 2.45) is 0 Å². The number of imidazole rings is 1. The Labute approximate surface area is 84.7 Å². The van der Waals surface area contributed by atoms with Crippen LogP contribution in [0.15, 0.2) is 10.8 Å². The van der Waals surface area contributed by atoms with Crippen molar-refractivity contribution in [3.8, 4) is 0 Å². The minimum Gasteiger partial charge on any atom is -0.320 e. The van der Waals surface area contributed by atoms with Crippen LogP contribution in [-0.4, -0.2) is 34.2 Å². The maximum absolute atomic E-state index is 12.1. The van der Waals surface area contributed by atoms with Crippen LogP contribution in [-0.2, 0) is 13.1 Å². The van der Waals surface area contributed by atoms with Gasteiger partial charge in [-0.15, -0.1) is 0 Å². The molecule has 72 valence electrons. The Bertz CT molecular complexity index is 300. The molecule has 1 aromatic heterocycles. The molecular formula is C8H11BrFN3. The van der Waals surface area contributed by atoms with E-state index in [1.54, 1.807) is 6.20 Å². The minimum absolute atomic E-state index is 0.276. The van der Waals surface area contributed by atoms with Crippen LogP contribution in [0.2, 0.25) is 0 Å². The fourth-order valence-corrected chi connectivity index (χ4v) is 2.07. The van der Waals surface area contributed by atoms with Crippen molar-refractivity contribution in [1.82, 2.24) is 14.5 Å². The molecule has 0 saturated carbocycles. The molecule has 1 aliphatic rings. The van der Waals surface area contributed by atoms with E-state index in [0.29, 0.717) is 6.54 Å². The Kier molecular flexibility index (Phi) is 2.64. The molecule has 1 aromatic rings. The van der Waals surface area contributed by atoms with E-state index < -0.39 is 0 Å². The van der Waals surface area contributed by atoms with Gasteiger partial charge in [-0.05, 0) is 15.9 Å². The average molecular weight is 248 g/mol. The van der Waals surface area contributed by atoms with E-state index in [1.165, 1.54) is 0 Å². The first-order valence-corrected chi connectivity index (χ1v) is 5.09. The lowest BCUT2D eigenvalue weighted by atomic mass is 10.3. The van der Waals surface area contributed by atoms with E-state index in [4.69, 9.17) is 0 Å². The Morgan fingerprint density at radius 2 is 2.38 bits per heavy atom. The highest BCUT2D eigenvalue weighted by Gasteiger charge is 2.17. The summed E-state index contributed by atoms with van der Waals surface area (Å²) in [5.41, 5.74) is 0. The van der Waals surface area contributed by atoms with Gasteiger partial charge in [0.25, 0.3) is 0 Å². The maximum Gasteiger partial charge on any atom is 0.123 e. The Morgan fingerprint density at radius 1 is 1.54 bits per heavy atom. The van der Waals surface area contributed by atoms with Crippen molar-refractivity contribution in [2.75, 3.05) is 19.8 Å². The van der Waals surface area contributed by atoms with Crippen LogP contribution >= 0.6 is 15.9 Å². The number of hydrogen-bond acceptors (Lipinski definition) is 2. The third-order valence-electron chi connectivity index (χ3n) is 2.30. The molecule has 0 atom stereocenters. The standard InChI is InChI=1S/C8H11BrFN3/c9-7-5-11-8-6-12(2-1-10)3-4-13(7)8/h5H,1-4,6H2. The number of hydrogen-bond donors (Lipinski definition) is 0. The molecule has 0 amide bonds. The third-order valence-corrected chi connectivity index (χ3v) is 2.93. The van der Waals surface area contributed by atoms with Crippen LogP contribution in [0.25, 0.3) is 0 Å². The van der Waals surface area contributed by atoms with Crippen molar-refractivity contribution < 1.29 is 4.39 Å². The predicted molar refractivity (Wildman–Crippen MR) is 51.2 cm³/mol. The van der Waals surface area contributed by atoms with Gasteiger partial charge in [0.05, 0.1) is 12.7 Å². The van der Waals surface area contributed by atoms with Gasteiger partial charge in [-0.2, -0.15) is 0 Å². The summed E-state index contributed by atoms with van der Waals surface area (Å²) in [7, 11) is 0. The summed E-state index contributed by atoms with van der Waals surface area (Å²) < 4.78 is 15.2. The SMILES string of the molecule is FCCN1CCn2c(Br)cnc2C1. The minimum atomic E-state index is -0.276. The summed E-state index contributed by atoms with van der Waals surface area (Å²) in [4.78, 5) is 6.32. The first-order chi connectivity index (χ1) is 6.31. The lowest BCUT2D eigenvalue weighted by Crippen LogP contribution is -2.35. The molecule has 1 aliphatic heterocycles. The topological polar surface area (TPSA) is 21.1 Å². The van der Waals surface area contributed by atoms with Gasteiger partial charge < -0.3 is 4.57 Å². The third kappa shape index (κ3) is 1.76. The van der Waals surface area contributed by atoms with Crippen molar-refractivity contribution in [2.45, 2.75) is 13.1 Å². The number of rotatable bonds is 2. The Morgan fingerprint density at radius 3 is 3.15 bits per heavy atom. The molecule has 0 aromatic carbocycles. The largest absolute Gasteiger partial charge is 0.320 e. The molecule has 5 heteroatoms. The second-order valence-corrected chi connectivity index (χ2v) is 3.93. The molecular weight excluding hydrogens is 237 g/mol. The number of halogens is 2. The molecule has 0 unspecified atom stereocenters. The van der Waals surface area contributed by atoms with Gasteiger partial charge in [0, 0.05) is 19.6 Å². The van der Waals surface area contributed by atoms with E-state index in [9.17, 15) is 4.39 Å². The molecule has 0 spiro atoms. The van der Waals surface area contributed by atoms with E-state index in [0.717, 1.165) is 30.1 Å². The quantitative estimate of drug-likeness (QED) is 0.789. The Balaban J connectivity index is 2.11. The number of fused-ring (bicyclic) bond motifs is 1. The van der Waals surface area contributed by atoms with Crippen LogP contribution < -0.4 is 0 Å². The fourth-order valence-electron chi connectivity index (χ4n) is 1.58. The van der Waals surface area contributed by atoms with Crippen molar-refractivity contribution >= 4 is 15.9 Å². The zero-order valence-corrected chi connectivity index (χ0v) is 8.80. The van der Waals surface area contributed by atoms with Gasteiger partial charge in [0.2, 0.25) is 0 Å². The van der Waals surface area contributed by atoms with Gasteiger partial charge >= 0.3 is 0 Å². The molecule has 0 saturated heterocycles. The normalized spacial score (nSPS) is 17.4. The molecule has 0 aliphatic carbocycles. The van der Waals surface area contributed by atoms with Gasteiger partial charge in [-0.3, -0.25) is 4.90 Å². The number of aromatic nitrogens is 2. The summed E-state index contributed by atoms with van der Waals surface area (Å²) in [6.07, 6.45) is 1.80. The monoisotopic (exact) mass is 247 g/mol. The van der Waals surface area contributed by atoms with Crippen LogP contribution in [0, 0.1) is 0 Å². The van der Waals surface area contributed by atoms with E-state index in [1.807, 2.05) is 0 Å². The van der Waals surface area contributed by atoms with Crippen molar-refractivity contribution in [3.05, 3.63) is 16.6 Å². The van der Waals surface area contributed by atoms with E-state index >= 15 is 0 Å². The lowest BCUT2D eigenvalue weighted by molar-refractivity contribution is 0.199. The van der Waals surface area contributed by atoms with Crippen LogP contribution in [0.5, 0.6) is 0 Å². The highest BCUT2D eigenvalue weighted by atomic mass is 79.9. The summed E-state index contributed by atoms with van der Waals surface area (Å²) >= 11 is 3.42. The van der Waals surface area contributed by atoms with Gasteiger partial charge in [0.1, 0.15) is 17.1 Å². The first-order valence-electron chi connectivity index (χ1n) is 4.29. The average Bonchev–Trinajstić information content (AvgIpc) is 2.48. The summed E-state index contributed by atoms with van der Waals surface area (Å²) in [6, 6.07) is 0. The molecule has 0 radical (unpaired) electrons. The predicted octanol–water partition coefficient (Wildman–Crippen LogP) is 1.43. The summed E-state index contributed by atoms with van der Waals surface area (Å²) in [5.74, 6) is 1.02. The zero-order valence-electron chi connectivity index (χ0n) is 7.21. The van der Waals surface area contributed by atoms with E-state index in [-0.39, 0.29) is 6.67 Å². The van der Waals surface area contributed by atoms with Crippen molar-refractivity contribution in [3.63, 3.8) is 0 Å². The van der Waals surface area contributed by atoms with Crippen LogP contribution in [0.1, 0.15) is 5.82 Å². The van der Waals surface area contributed by atoms with Crippen LogP contribution in [0.4, 0.5) is 4.39 Å². The smallest absolute Gasteiger partial charge is 0.123 e. The zero-order chi connectivity index (χ0) is 9.26. The highest BCUT2D eigenvalue weighted by molar-refractivity contribution is 9.10. The van der Waals surface area contributed by atoms with Crippen LogP contribution in [0.3, 0.4) is 0 Å². The highest BCUT2D eigenvalue weighted by Crippen LogP contribution is 2.17. The van der Waals surface area contributed by atoms with E-state index in [2.05, 4.69) is 30.4 Å². The molecule has 2 heterocycles. The Hall–Kier alpha value is -0.420. The molecule has 13 heavy (non-hydrogen) atoms. The molecule has 0 fully saturated rings. The molecule has 3 nitrogen and oxygen atoms in total. The molecule has 2 rings (SSSR count). The van der Waals surface area contributed by atoms with Gasteiger partial charge in [-0.1, -0.05) is 0 Å². The number of alkyl halides is 1. The fraction of sp³-hybridized carbons (Fsp3) is 0.625. The summed E-state index contributed by atoms with van der Waals surface area (Å²) in [5, 5.41) is 0.